The predicted octanol–water partition coefficient (Wildman–Crippen LogP) is 3.18. The van der Waals surface area contributed by atoms with Crippen LogP contribution in [0.1, 0.15) is 41.5 Å². The summed E-state index contributed by atoms with van der Waals surface area (Å²) in [6.07, 6.45) is 3.06. The van der Waals surface area contributed by atoms with Crippen LogP contribution < -0.4 is 0 Å². The maximum atomic E-state index is 11.9. The van der Waals surface area contributed by atoms with E-state index in [4.69, 9.17) is 4.74 Å². The molecule has 1 aliphatic rings. The van der Waals surface area contributed by atoms with Crippen molar-refractivity contribution in [3.63, 3.8) is 0 Å². The van der Waals surface area contributed by atoms with Gasteiger partial charge in [-0.15, -0.1) is 0 Å². The van der Waals surface area contributed by atoms with Crippen LogP contribution in [0.25, 0.3) is 0 Å². The van der Waals surface area contributed by atoms with Crippen molar-refractivity contribution < 1.29 is 9.53 Å². The summed E-state index contributed by atoms with van der Waals surface area (Å²) in [6.45, 7) is 12.6. The van der Waals surface area contributed by atoms with Crippen molar-refractivity contribution in [1.29, 1.82) is 0 Å². The Hall–Kier alpha value is -0.790. The third kappa shape index (κ3) is 2.61. The standard InChI is InChI=1S/C13H22O2/c1-12(2,3)10-9(14)7-8-15-11(10)13(4,5)6/h7-8,10-11H,1-6H3. The summed E-state index contributed by atoms with van der Waals surface area (Å²) >= 11 is 0. The molecular weight excluding hydrogens is 188 g/mol. The van der Waals surface area contributed by atoms with Crippen LogP contribution in [0.3, 0.4) is 0 Å². The molecule has 0 radical (unpaired) electrons. The Balaban J connectivity index is 3.06. The van der Waals surface area contributed by atoms with Crippen LogP contribution in [-0.4, -0.2) is 11.9 Å². The van der Waals surface area contributed by atoms with E-state index in [1.165, 1.54) is 0 Å². The molecule has 15 heavy (non-hydrogen) atoms. The number of hydrogen-bond donors (Lipinski definition) is 0. The SMILES string of the molecule is CC(C)(C)C1OC=CC(=O)C1C(C)(C)C. The molecule has 2 unspecified atom stereocenters. The summed E-state index contributed by atoms with van der Waals surface area (Å²) in [5, 5.41) is 0. The molecule has 1 rings (SSSR count). The number of ether oxygens (including phenoxy) is 1. The summed E-state index contributed by atoms with van der Waals surface area (Å²) < 4.78 is 5.65. The van der Waals surface area contributed by atoms with Gasteiger partial charge >= 0.3 is 0 Å². The van der Waals surface area contributed by atoms with Crippen LogP contribution >= 0.6 is 0 Å². The number of carbonyl (C=O) groups excluding carboxylic acids is 1. The van der Waals surface area contributed by atoms with Crippen molar-refractivity contribution in [2.24, 2.45) is 16.7 Å². The van der Waals surface area contributed by atoms with Gasteiger partial charge in [0.25, 0.3) is 0 Å². The quantitative estimate of drug-likeness (QED) is 0.614. The molecule has 0 aromatic rings. The first-order valence-electron chi connectivity index (χ1n) is 5.50. The van der Waals surface area contributed by atoms with Gasteiger partial charge in [0.05, 0.1) is 12.2 Å². The van der Waals surface area contributed by atoms with Crippen molar-refractivity contribution in [3.8, 4) is 0 Å². The van der Waals surface area contributed by atoms with Gasteiger partial charge in [-0.05, 0) is 10.8 Å². The minimum absolute atomic E-state index is 0.0155. The van der Waals surface area contributed by atoms with Crippen LogP contribution in [0.4, 0.5) is 0 Å². The zero-order valence-corrected chi connectivity index (χ0v) is 10.6. The van der Waals surface area contributed by atoms with Gasteiger partial charge in [-0.1, -0.05) is 41.5 Å². The molecule has 0 N–H and O–H groups in total. The molecule has 0 amide bonds. The highest BCUT2D eigenvalue weighted by atomic mass is 16.5. The normalized spacial score (nSPS) is 27.7. The smallest absolute Gasteiger partial charge is 0.166 e. The molecule has 2 nitrogen and oxygen atoms in total. The molecule has 2 atom stereocenters. The Labute approximate surface area is 92.7 Å². The minimum atomic E-state index is -0.0558. The Bertz CT molecular complexity index is 276. The molecule has 0 fully saturated rings. The van der Waals surface area contributed by atoms with E-state index in [0.29, 0.717) is 0 Å². The number of rotatable bonds is 0. The van der Waals surface area contributed by atoms with Gasteiger partial charge in [0.15, 0.2) is 5.78 Å². The average molecular weight is 210 g/mol. The fourth-order valence-corrected chi connectivity index (χ4v) is 2.11. The summed E-state index contributed by atoms with van der Waals surface area (Å²) in [6, 6.07) is 0. The van der Waals surface area contributed by atoms with Crippen molar-refractivity contribution >= 4 is 5.78 Å². The molecule has 0 aromatic heterocycles. The highest BCUT2D eigenvalue weighted by molar-refractivity contribution is 5.93. The predicted molar refractivity (Wildman–Crippen MR) is 61.4 cm³/mol. The third-order valence-corrected chi connectivity index (χ3v) is 2.85. The van der Waals surface area contributed by atoms with Gasteiger partial charge in [0.1, 0.15) is 6.10 Å². The van der Waals surface area contributed by atoms with Gasteiger partial charge in [-0.2, -0.15) is 0 Å². The number of ketones is 1. The molecule has 0 saturated carbocycles. The van der Waals surface area contributed by atoms with Crippen LogP contribution in [0.2, 0.25) is 0 Å². The molecule has 0 spiro atoms. The second-order valence-corrected chi connectivity index (χ2v) is 6.47. The van der Waals surface area contributed by atoms with Gasteiger partial charge in [-0.3, -0.25) is 4.79 Å². The van der Waals surface area contributed by atoms with E-state index in [0.717, 1.165) is 0 Å². The molecule has 0 aromatic carbocycles. The largest absolute Gasteiger partial charge is 0.497 e. The third-order valence-electron chi connectivity index (χ3n) is 2.85. The molecule has 1 aliphatic heterocycles. The monoisotopic (exact) mass is 210 g/mol. The molecule has 2 heteroatoms. The maximum Gasteiger partial charge on any atom is 0.166 e. The Morgan fingerprint density at radius 1 is 1.07 bits per heavy atom. The van der Waals surface area contributed by atoms with Crippen molar-refractivity contribution in [1.82, 2.24) is 0 Å². The van der Waals surface area contributed by atoms with Crippen molar-refractivity contribution in [2.75, 3.05) is 0 Å². The van der Waals surface area contributed by atoms with Crippen LogP contribution in [0, 0.1) is 16.7 Å². The summed E-state index contributed by atoms with van der Waals surface area (Å²) in [5.74, 6) is 0.135. The van der Waals surface area contributed by atoms with Gasteiger partial charge in [0.2, 0.25) is 0 Å². The lowest BCUT2D eigenvalue weighted by atomic mass is 9.67. The topological polar surface area (TPSA) is 26.3 Å². The van der Waals surface area contributed by atoms with Crippen LogP contribution in [0.5, 0.6) is 0 Å². The molecule has 0 aliphatic carbocycles. The van der Waals surface area contributed by atoms with Crippen molar-refractivity contribution in [3.05, 3.63) is 12.3 Å². The van der Waals surface area contributed by atoms with Gasteiger partial charge in [0, 0.05) is 6.08 Å². The zero-order chi connectivity index (χ0) is 11.9. The van der Waals surface area contributed by atoms with E-state index in [1.807, 2.05) is 0 Å². The van der Waals surface area contributed by atoms with Crippen LogP contribution in [-0.2, 0) is 9.53 Å². The maximum absolute atomic E-state index is 11.9. The second kappa shape index (κ2) is 3.66. The number of hydrogen-bond acceptors (Lipinski definition) is 2. The molecule has 1 heterocycles. The zero-order valence-electron chi connectivity index (χ0n) is 10.6. The molecule has 0 saturated heterocycles. The summed E-state index contributed by atoms with van der Waals surface area (Å²) in [4.78, 5) is 11.9. The number of carbonyl (C=O) groups is 1. The van der Waals surface area contributed by atoms with Crippen LogP contribution in [0.15, 0.2) is 12.3 Å². The van der Waals surface area contributed by atoms with E-state index < -0.39 is 0 Å². The first kappa shape index (κ1) is 12.3. The fourth-order valence-electron chi connectivity index (χ4n) is 2.11. The van der Waals surface area contributed by atoms with Crippen molar-refractivity contribution in [2.45, 2.75) is 47.6 Å². The Morgan fingerprint density at radius 3 is 1.93 bits per heavy atom. The van der Waals surface area contributed by atoms with Gasteiger partial charge < -0.3 is 4.74 Å². The van der Waals surface area contributed by atoms with E-state index >= 15 is 0 Å². The minimum Gasteiger partial charge on any atom is -0.497 e. The van der Waals surface area contributed by atoms with E-state index in [-0.39, 0.29) is 28.6 Å². The lowest BCUT2D eigenvalue weighted by Gasteiger charge is -2.43. The Kier molecular flexibility index (Phi) is 2.99. The highest BCUT2D eigenvalue weighted by Gasteiger charge is 2.45. The Morgan fingerprint density at radius 2 is 1.60 bits per heavy atom. The first-order valence-corrected chi connectivity index (χ1v) is 5.50. The van der Waals surface area contributed by atoms with E-state index in [2.05, 4.69) is 41.5 Å². The number of allylic oxidation sites excluding steroid dienone is 1. The van der Waals surface area contributed by atoms with E-state index in [9.17, 15) is 4.79 Å². The molecule has 86 valence electrons. The summed E-state index contributed by atoms with van der Waals surface area (Å²) in [7, 11) is 0. The first-order chi connectivity index (χ1) is 6.64. The van der Waals surface area contributed by atoms with Gasteiger partial charge in [-0.25, -0.2) is 0 Å². The fraction of sp³-hybridized carbons (Fsp3) is 0.769. The molecule has 0 bridgehead atoms. The van der Waals surface area contributed by atoms with E-state index in [1.54, 1.807) is 12.3 Å². The second-order valence-electron chi connectivity index (χ2n) is 6.47. The molecular formula is C13H22O2. The lowest BCUT2D eigenvalue weighted by molar-refractivity contribution is -0.135. The summed E-state index contributed by atoms with van der Waals surface area (Å²) in [5.41, 5.74) is -0.0713. The highest BCUT2D eigenvalue weighted by Crippen LogP contribution is 2.40. The average Bonchev–Trinajstić information content (AvgIpc) is 1.99. The lowest BCUT2D eigenvalue weighted by Crippen LogP contribution is -2.47.